The molecule has 0 saturated heterocycles. The molecule has 2 aromatic carbocycles. The van der Waals surface area contributed by atoms with Crippen molar-refractivity contribution in [3.8, 4) is 0 Å². The van der Waals surface area contributed by atoms with Crippen molar-refractivity contribution in [1.29, 1.82) is 0 Å². The maximum atomic E-state index is 3.47. The summed E-state index contributed by atoms with van der Waals surface area (Å²) in [4.78, 5) is 3.21. The summed E-state index contributed by atoms with van der Waals surface area (Å²) in [6.07, 6.45) is 1.97. The van der Waals surface area contributed by atoms with Crippen molar-refractivity contribution in [1.82, 2.24) is 4.98 Å². The lowest BCUT2D eigenvalue weighted by molar-refractivity contribution is 1.15. The molecule has 0 atom stereocenters. The summed E-state index contributed by atoms with van der Waals surface area (Å²) in [6, 6.07) is 16.9. The first-order chi connectivity index (χ1) is 8.83. The zero-order chi connectivity index (χ0) is 12.4. The van der Waals surface area contributed by atoms with Gasteiger partial charge in [-0.15, -0.1) is 0 Å². The number of hydrogen-bond donors (Lipinski definition) is 2. The van der Waals surface area contributed by atoms with Crippen LogP contribution in [0.1, 0.15) is 5.56 Å². The smallest absolute Gasteiger partial charge is 0.0478 e. The van der Waals surface area contributed by atoms with Crippen LogP contribution in [0.3, 0.4) is 0 Å². The fourth-order valence-corrected chi connectivity index (χ4v) is 2.59. The molecule has 0 aliphatic carbocycles. The predicted octanol–water partition coefficient (Wildman–Crippen LogP) is 4.38. The summed E-state index contributed by atoms with van der Waals surface area (Å²) in [5.74, 6) is 0. The number of anilines is 1. The summed E-state index contributed by atoms with van der Waals surface area (Å²) in [5.41, 5.74) is 3.67. The first kappa shape index (κ1) is 11.6. The number of halogens is 1. The molecule has 0 unspecified atom stereocenters. The largest absolute Gasteiger partial charge is 0.380 e. The van der Waals surface area contributed by atoms with Crippen molar-refractivity contribution in [3.63, 3.8) is 0 Å². The van der Waals surface area contributed by atoms with Crippen LogP contribution in [-0.4, -0.2) is 4.98 Å². The van der Waals surface area contributed by atoms with Crippen LogP contribution in [-0.2, 0) is 6.54 Å². The Morgan fingerprint density at radius 1 is 1.06 bits per heavy atom. The molecule has 0 aliphatic heterocycles. The van der Waals surface area contributed by atoms with Gasteiger partial charge in [0.2, 0.25) is 0 Å². The fraction of sp³-hybridized carbons (Fsp3) is 0.0667. The van der Waals surface area contributed by atoms with Crippen LogP contribution in [0.4, 0.5) is 5.69 Å². The average Bonchev–Trinajstić information content (AvgIpc) is 2.85. The molecular weight excluding hydrogens is 335 g/mol. The highest BCUT2D eigenvalue weighted by Crippen LogP contribution is 2.19. The molecule has 1 aromatic heterocycles. The molecule has 0 amide bonds. The molecule has 0 fully saturated rings. The minimum absolute atomic E-state index is 0.848. The summed E-state index contributed by atoms with van der Waals surface area (Å²) in [5, 5.41) is 4.73. The van der Waals surface area contributed by atoms with E-state index in [4.69, 9.17) is 0 Å². The van der Waals surface area contributed by atoms with Crippen molar-refractivity contribution in [2.45, 2.75) is 6.54 Å². The van der Waals surface area contributed by atoms with Gasteiger partial charge in [-0.1, -0.05) is 18.2 Å². The van der Waals surface area contributed by atoms with E-state index in [1.54, 1.807) is 0 Å². The van der Waals surface area contributed by atoms with Crippen molar-refractivity contribution in [3.05, 3.63) is 63.9 Å². The molecule has 1 heterocycles. The molecular formula is C15H13IN2. The Morgan fingerprint density at radius 3 is 2.83 bits per heavy atom. The molecule has 90 valence electrons. The van der Waals surface area contributed by atoms with Gasteiger partial charge in [-0.05, 0) is 63.9 Å². The third-order valence-electron chi connectivity index (χ3n) is 2.97. The van der Waals surface area contributed by atoms with Crippen LogP contribution in [0.25, 0.3) is 10.9 Å². The number of benzene rings is 2. The third kappa shape index (κ3) is 2.36. The van der Waals surface area contributed by atoms with E-state index in [1.807, 2.05) is 6.20 Å². The van der Waals surface area contributed by atoms with Gasteiger partial charge < -0.3 is 10.3 Å². The number of nitrogens with one attached hydrogen (secondary N) is 2. The Kier molecular flexibility index (Phi) is 3.23. The topological polar surface area (TPSA) is 27.8 Å². The van der Waals surface area contributed by atoms with Crippen molar-refractivity contribution in [2.75, 3.05) is 5.32 Å². The Morgan fingerprint density at radius 2 is 1.94 bits per heavy atom. The van der Waals surface area contributed by atoms with Crippen LogP contribution >= 0.6 is 22.6 Å². The van der Waals surface area contributed by atoms with Gasteiger partial charge in [0.1, 0.15) is 0 Å². The van der Waals surface area contributed by atoms with E-state index >= 15 is 0 Å². The second kappa shape index (κ2) is 5.02. The Hall–Kier alpha value is -1.49. The molecule has 0 spiro atoms. The minimum Gasteiger partial charge on any atom is -0.380 e. The maximum absolute atomic E-state index is 3.47. The second-order valence-corrected chi connectivity index (χ2v) is 5.39. The van der Waals surface area contributed by atoms with Gasteiger partial charge in [0.15, 0.2) is 0 Å². The molecule has 2 nitrogen and oxygen atoms in total. The third-order valence-corrected chi connectivity index (χ3v) is 3.92. The molecule has 0 radical (unpaired) electrons. The highest BCUT2D eigenvalue weighted by atomic mass is 127. The summed E-state index contributed by atoms with van der Waals surface area (Å²) >= 11 is 2.35. The quantitative estimate of drug-likeness (QED) is 0.676. The number of hydrogen-bond acceptors (Lipinski definition) is 1. The Bertz CT molecular complexity index is 673. The zero-order valence-electron chi connectivity index (χ0n) is 9.78. The normalized spacial score (nSPS) is 10.7. The summed E-state index contributed by atoms with van der Waals surface area (Å²) in [6.45, 7) is 0.848. The highest BCUT2D eigenvalue weighted by molar-refractivity contribution is 14.1. The molecule has 3 aromatic rings. The molecule has 3 rings (SSSR count). The standard InChI is InChI=1S/C15H13IN2/c16-13-3-1-2-4-15(13)18-10-11-5-6-14-12(9-11)7-8-17-14/h1-9,17-18H,10H2. The Balaban J connectivity index is 1.78. The monoisotopic (exact) mass is 348 g/mol. The van der Waals surface area contributed by atoms with E-state index in [9.17, 15) is 0 Å². The first-order valence-electron chi connectivity index (χ1n) is 5.87. The van der Waals surface area contributed by atoms with Crippen LogP contribution in [0.15, 0.2) is 54.7 Å². The van der Waals surface area contributed by atoms with Crippen LogP contribution < -0.4 is 5.32 Å². The van der Waals surface area contributed by atoms with Gasteiger partial charge in [-0.2, -0.15) is 0 Å². The zero-order valence-corrected chi connectivity index (χ0v) is 11.9. The fourth-order valence-electron chi connectivity index (χ4n) is 2.01. The minimum atomic E-state index is 0.848. The highest BCUT2D eigenvalue weighted by Gasteiger charge is 1.99. The summed E-state index contributed by atoms with van der Waals surface area (Å²) in [7, 11) is 0. The SMILES string of the molecule is Ic1ccccc1NCc1ccc2[nH]ccc2c1. The predicted molar refractivity (Wildman–Crippen MR) is 84.8 cm³/mol. The van der Waals surface area contributed by atoms with Crippen LogP contribution in [0.2, 0.25) is 0 Å². The lowest BCUT2D eigenvalue weighted by Crippen LogP contribution is -2.00. The molecule has 0 saturated carbocycles. The lowest BCUT2D eigenvalue weighted by Gasteiger charge is -2.08. The number of aromatic amines is 1. The molecule has 18 heavy (non-hydrogen) atoms. The van der Waals surface area contributed by atoms with Crippen LogP contribution in [0, 0.1) is 3.57 Å². The van der Waals surface area contributed by atoms with Crippen molar-refractivity contribution >= 4 is 39.2 Å². The molecule has 2 N–H and O–H groups in total. The van der Waals surface area contributed by atoms with Gasteiger partial charge in [0.25, 0.3) is 0 Å². The van der Waals surface area contributed by atoms with Crippen LogP contribution in [0.5, 0.6) is 0 Å². The van der Waals surface area contributed by atoms with E-state index in [0.29, 0.717) is 0 Å². The average molecular weight is 348 g/mol. The first-order valence-corrected chi connectivity index (χ1v) is 6.95. The van der Waals surface area contributed by atoms with E-state index in [-0.39, 0.29) is 0 Å². The molecule has 0 aliphatic rings. The van der Waals surface area contributed by atoms with Gasteiger partial charge >= 0.3 is 0 Å². The van der Waals surface area contributed by atoms with E-state index in [2.05, 4.69) is 81.4 Å². The number of rotatable bonds is 3. The number of H-pyrrole nitrogens is 1. The van der Waals surface area contributed by atoms with E-state index < -0.39 is 0 Å². The van der Waals surface area contributed by atoms with E-state index in [1.165, 1.54) is 25.7 Å². The Labute approximate surface area is 120 Å². The molecule has 3 heteroatoms. The van der Waals surface area contributed by atoms with Gasteiger partial charge in [-0.3, -0.25) is 0 Å². The maximum Gasteiger partial charge on any atom is 0.0478 e. The van der Waals surface area contributed by atoms with Crippen molar-refractivity contribution in [2.24, 2.45) is 0 Å². The molecule has 0 bridgehead atoms. The lowest BCUT2D eigenvalue weighted by atomic mass is 10.1. The van der Waals surface area contributed by atoms with Gasteiger partial charge in [0.05, 0.1) is 0 Å². The number of para-hydroxylation sites is 1. The van der Waals surface area contributed by atoms with E-state index in [0.717, 1.165) is 6.54 Å². The van der Waals surface area contributed by atoms with Gasteiger partial charge in [-0.25, -0.2) is 0 Å². The second-order valence-electron chi connectivity index (χ2n) is 4.23. The van der Waals surface area contributed by atoms with Gasteiger partial charge in [0, 0.05) is 27.5 Å². The number of fused-ring (bicyclic) bond motifs is 1. The summed E-state index contributed by atoms with van der Waals surface area (Å²) < 4.78 is 1.25. The number of aromatic nitrogens is 1. The van der Waals surface area contributed by atoms with Crippen molar-refractivity contribution < 1.29 is 0 Å².